The quantitative estimate of drug-likeness (QED) is 0.413. The van der Waals surface area contributed by atoms with Gasteiger partial charge in [-0.3, -0.25) is 9.36 Å². The van der Waals surface area contributed by atoms with Gasteiger partial charge in [0, 0.05) is 13.1 Å². The zero-order valence-electron chi connectivity index (χ0n) is 17.7. The topological polar surface area (TPSA) is 98.6 Å². The van der Waals surface area contributed by atoms with Gasteiger partial charge in [0.25, 0.3) is 0 Å². The first kappa shape index (κ1) is 22.3. The lowest BCUT2D eigenvalue weighted by molar-refractivity contribution is -0.113. The lowest BCUT2D eigenvalue weighted by Gasteiger charge is -2.28. The Bertz CT molecular complexity index is 1110. The molecule has 3 aromatic rings. The Morgan fingerprint density at radius 1 is 1.22 bits per heavy atom. The number of anilines is 2. The summed E-state index contributed by atoms with van der Waals surface area (Å²) in [6.45, 7) is 4.75. The zero-order valence-corrected chi connectivity index (χ0v) is 19.4. The van der Waals surface area contributed by atoms with E-state index in [4.69, 9.17) is 9.47 Å². The number of aryl methyl sites for hydroxylation is 1. The summed E-state index contributed by atoms with van der Waals surface area (Å²) in [5.41, 5.74) is 2.49. The summed E-state index contributed by atoms with van der Waals surface area (Å²) in [7, 11) is 1.31. The van der Waals surface area contributed by atoms with Crippen molar-refractivity contribution in [2.75, 3.05) is 49.4 Å². The average Bonchev–Trinajstić information content (AvgIpc) is 3.45. The lowest BCUT2D eigenvalue weighted by atomic mass is 10.2. The van der Waals surface area contributed by atoms with Crippen LogP contribution in [0.5, 0.6) is 0 Å². The van der Waals surface area contributed by atoms with Crippen LogP contribution in [0, 0.1) is 6.92 Å². The number of rotatable bonds is 7. The van der Waals surface area contributed by atoms with E-state index in [2.05, 4.69) is 20.4 Å². The van der Waals surface area contributed by atoms with Gasteiger partial charge in [-0.2, -0.15) is 0 Å². The van der Waals surface area contributed by atoms with Gasteiger partial charge in [-0.1, -0.05) is 30.0 Å². The molecule has 4 rings (SSSR count). The van der Waals surface area contributed by atoms with Crippen molar-refractivity contribution >= 4 is 46.6 Å². The second-order valence-electron chi connectivity index (χ2n) is 7.00. The number of para-hydroxylation sites is 1. The third-order valence-electron chi connectivity index (χ3n) is 4.91. The average molecular weight is 474 g/mol. The van der Waals surface area contributed by atoms with E-state index in [1.54, 1.807) is 11.4 Å². The number of carbonyl (C=O) groups excluding carboxylic acids is 2. The SMILES string of the molecule is COC(=O)c1sccc1NC(=O)CSc1nnc(N2CCOCC2)n1-c1ccccc1C. The molecule has 0 unspecified atom stereocenters. The number of aromatic nitrogens is 3. The predicted molar refractivity (Wildman–Crippen MR) is 124 cm³/mol. The molecule has 168 valence electrons. The van der Waals surface area contributed by atoms with Crippen LogP contribution >= 0.6 is 23.1 Å². The summed E-state index contributed by atoms with van der Waals surface area (Å²) in [4.78, 5) is 26.9. The third kappa shape index (κ3) is 4.79. The number of hydrogen-bond donors (Lipinski definition) is 1. The highest BCUT2D eigenvalue weighted by Gasteiger charge is 2.23. The molecule has 1 fully saturated rings. The Kier molecular flexibility index (Phi) is 7.08. The Balaban J connectivity index is 1.54. The molecule has 1 aromatic carbocycles. The van der Waals surface area contributed by atoms with E-state index in [1.165, 1.54) is 30.2 Å². The van der Waals surface area contributed by atoms with E-state index < -0.39 is 5.97 Å². The van der Waals surface area contributed by atoms with Crippen molar-refractivity contribution in [2.45, 2.75) is 12.1 Å². The second kappa shape index (κ2) is 10.2. The van der Waals surface area contributed by atoms with Gasteiger partial charge in [-0.25, -0.2) is 4.79 Å². The lowest BCUT2D eigenvalue weighted by Crippen LogP contribution is -2.38. The molecule has 1 N–H and O–H groups in total. The Labute approximate surface area is 193 Å². The standard InChI is InChI=1S/C21H23N5O4S2/c1-14-5-3-4-6-16(14)26-20(25-8-10-30-11-9-25)23-24-21(26)32-13-17(27)22-15-7-12-31-18(15)19(28)29-2/h3-7,12H,8-11,13H2,1-2H3,(H,22,27). The van der Waals surface area contributed by atoms with Crippen molar-refractivity contribution in [2.24, 2.45) is 0 Å². The first-order valence-electron chi connectivity index (χ1n) is 10.0. The normalized spacial score (nSPS) is 13.8. The van der Waals surface area contributed by atoms with Gasteiger partial charge in [0.05, 0.1) is 37.5 Å². The van der Waals surface area contributed by atoms with Gasteiger partial charge in [-0.15, -0.1) is 21.5 Å². The van der Waals surface area contributed by atoms with Crippen LogP contribution in [-0.2, 0) is 14.3 Å². The summed E-state index contributed by atoms with van der Waals surface area (Å²) in [5.74, 6) is 0.128. The molecular weight excluding hydrogens is 450 g/mol. The van der Waals surface area contributed by atoms with Crippen LogP contribution in [0.1, 0.15) is 15.2 Å². The van der Waals surface area contributed by atoms with Crippen molar-refractivity contribution in [1.82, 2.24) is 14.8 Å². The second-order valence-corrected chi connectivity index (χ2v) is 8.85. The van der Waals surface area contributed by atoms with E-state index in [-0.39, 0.29) is 11.7 Å². The molecule has 3 heterocycles. The van der Waals surface area contributed by atoms with Crippen LogP contribution in [0.15, 0.2) is 40.9 Å². The van der Waals surface area contributed by atoms with Gasteiger partial charge in [-0.05, 0) is 30.0 Å². The maximum absolute atomic E-state index is 12.6. The smallest absolute Gasteiger partial charge is 0.350 e. The number of ether oxygens (including phenoxy) is 2. The first-order valence-corrected chi connectivity index (χ1v) is 11.9. The molecule has 0 bridgehead atoms. The molecule has 1 amide bonds. The number of thioether (sulfide) groups is 1. The fourth-order valence-electron chi connectivity index (χ4n) is 3.32. The Morgan fingerprint density at radius 3 is 2.75 bits per heavy atom. The molecule has 0 radical (unpaired) electrons. The van der Waals surface area contributed by atoms with Crippen molar-refractivity contribution in [3.63, 3.8) is 0 Å². The number of morpholine rings is 1. The zero-order chi connectivity index (χ0) is 22.5. The highest BCUT2D eigenvalue weighted by atomic mass is 32.2. The number of esters is 1. The monoisotopic (exact) mass is 473 g/mol. The Hall–Kier alpha value is -2.89. The molecule has 1 aliphatic rings. The maximum Gasteiger partial charge on any atom is 0.350 e. The molecule has 1 aliphatic heterocycles. The van der Waals surface area contributed by atoms with Crippen molar-refractivity contribution < 1.29 is 19.1 Å². The van der Waals surface area contributed by atoms with Crippen molar-refractivity contribution in [1.29, 1.82) is 0 Å². The molecule has 32 heavy (non-hydrogen) atoms. The molecule has 1 saturated heterocycles. The molecule has 9 nitrogen and oxygen atoms in total. The molecule has 0 spiro atoms. The van der Waals surface area contributed by atoms with Gasteiger partial charge in [0.2, 0.25) is 11.9 Å². The molecular formula is C21H23N5O4S2. The molecule has 11 heteroatoms. The van der Waals surface area contributed by atoms with Gasteiger partial charge >= 0.3 is 5.97 Å². The largest absolute Gasteiger partial charge is 0.465 e. The van der Waals surface area contributed by atoms with E-state index in [9.17, 15) is 9.59 Å². The van der Waals surface area contributed by atoms with Crippen LogP contribution < -0.4 is 10.2 Å². The van der Waals surface area contributed by atoms with Gasteiger partial charge in [0.1, 0.15) is 4.88 Å². The third-order valence-corrected chi connectivity index (χ3v) is 6.73. The van der Waals surface area contributed by atoms with E-state index in [1.807, 2.05) is 35.8 Å². The summed E-state index contributed by atoms with van der Waals surface area (Å²) in [6, 6.07) is 9.69. The van der Waals surface area contributed by atoms with Crippen molar-refractivity contribution in [3.8, 4) is 5.69 Å². The summed E-state index contributed by atoms with van der Waals surface area (Å²) < 4.78 is 12.2. The number of carbonyl (C=O) groups is 2. The number of benzene rings is 1. The minimum absolute atomic E-state index is 0.115. The number of nitrogens with one attached hydrogen (secondary N) is 1. The summed E-state index contributed by atoms with van der Waals surface area (Å²) >= 11 is 2.51. The summed E-state index contributed by atoms with van der Waals surface area (Å²) in [5, 5.41) is 13.9. The van der Waals surface area contributed by atoms with Crippen LogP contribution in [0.2, 0.25) is 0 Å². The predicted octanol–water partition coefficient (Wildman–Crippen LogP) is 2.99. The van der Waals surface area contributed by atoms with Crippen LogP contribution in [0.3, 0.4) is 0 Å². The van der Waals surface area contributed by atoms with Crippen LogP contribution in [0.25, 0.3) is 5.69 Å². The fraction of sp³-hybridized carbons (Fsp3) is 0.333. The van der Waals surface area contributed by atoms with E-state index in [0.717, 1.165) is 30.3 Å². The minimum atomic E-state index is -0.475. The van der Waals surface area contributed by atoms with Crippen molar-refractivity contribution in [3.05, 3.63) is 46.2 Å². The van der Waals surface area contributed by atoms with Gasteiger partial charge in [0.15, 0.2) is 5.16 Å². The number of hydrogen-bond acceptors (Lipinski definition) is 9. The highest BCUT2D eigenvalue weighted by Crippen LogP contribution is 2.29. The number of thiophene rings is 1. The number of nitrogens with zero attached hydrogens (tertiary/aromatic N) is 4. The first-order chi connectivity index (χ1) is 15.6. The van der Waals surface area contributed by atoms with Crippen LogP contribution in [0.4, 0.5) is 11.6 Å². The number of methoxy groups -OCH3 is 1. The molecule has 2 aromatic heterocycles. The minimum Gasteiger partial charge on any atom is -0.465 e. The molecule has 0 aliphatic carbocycles. The van der Waals surface area contributed by atoms with E-state index in [0.29, 0.717) is 28.9 Å². The van der Waals surface area contributed by atoms with Crippen LogP contribution in [-0.4, -0.2) is 65.8 Å². The Morgan fingerprint density at radius 2 is 2.00 bits per heavy atom. The molecule has 0 saturated carbocycles. The summed E-state index contributed by atoms with van der Waals surface area (Å²) in [6.07, 6.45) is 0. The highest BCUT2D eigenvalue weighted by molar-refractivity contribution is 7.99. The molecule has 0 atom stereocenters. The maximum atomic E-state index is 12.6. The van der Waals surface area contributed by atoms with E-state index >= 15 is 0 Å². The fourth-order valence-corrected chi connectivity index (χ4v) is 4.83. The number of amides is 1. The van der Waals surface area contributed by atoms with Gasteiger partial charge < -0.3 is 19.7 Å².